The van der Waals surface area contributed by atoms with Gasteiger partial charge < -0.3 is 24.8 Å². The third kappa shape index (κ3) is 6.20. The van der Waals surface area contributed by atoms with Crippen LogP contribution in [0.5, 0.6) is 11.5 Å². The molecular weight excluding hydrogens is 533 g/mol. The maximum Gasteiger partial charge on any atom is 0.422 e. The Morgan fingerprint density at radius 1 is 1.34 bits per heavy atom. The number of methoxy groups -OCH3 is 1. The van der Waals surface area contributed by atoms with E-state index >= 15 is 0 Å². The van der Waals surface area contributed by atoms with Crippen molar-refractivity contribution >= 4 is 27.5 Å². The molecule has 0 fully saturated rings. The fraction of sp³-hybridized carbons (Fsp3) is 0.522. The second-order valence-corrected chi connectivity index (χ2v) is 11.4. The number of amides is 2. The lowest BCUT2D eigenvalue weighted by Crippen LogP contribution is -2.53. The van der Waals surface area contributed by atoms with Gasteiger partial charge in [0.05, 0.1) is 17.8 Å². The molecule has 2 N–H and O–H groups in total. The van der Waals surface area contributed by atoms with Gasteiger partial charge in [-0.1, -0.05) is 0 Å². The van der Waals surface area contributed by atoms with Crippen molar-refractivity contribution in [1.82, 2.24) is 15.1 Å². The van der Waals surface area contributed by atoms with Gasteiger partial charge >= 0.3 is 6.18 Å². The molecule has 2 aromatic rings. The zero-order valence-electron chi connectivity index (χ0n) is 20.7. The number of hydrogen-bond donors (Lipinski definition) is 2. The van der Waals surface area contributed by atoms with E-state index in [0.29, 0.717) is 30.7 Å². The van der Waals surface area contributed by atoms with E-state index in [4.69, 9.17) is 14.2 Å². The summed E-state index contributed by atoms with van der Waals surface area (Å²) in [6.45, 7) is -0.598. The van der Waals surface area contributed by atoms with E-state index in [1.807, 2.05) is 0 Å². The Kier molecular flexibility index (Phi) is 7.61. The summed E-state index contributed by atoms with van der Waals surface area (Å²) in [5.74, 6) is -1.77. The molecule has 208 valence electrons. The molecule has 2 aliphatic rings. The second kappa shape index (κ2) is 10.4. The average Bonchev–Trinajstić information content (AvgIpc) is 3.13. The minimum absolute atomic E-state index is 0.0285. The summed E-state index contributed by atoms with van der Waals surface area (Å²) >= 11 is 0. The molecule has 0 radical (unpaired) electrons. The summed E-state index contributed by atoms with van der Waals surface area (Å²) in [4.78, 5) is 25.9. The first kappa shape index (κ1) is 27.7. The number of nitrogens with one attached hydrogen (secondary N) is 2. The molecule has 0 saturated carbocycles. The number of rotatable bonds is 9. The number of anilines is 1. The monoisotopic (exact) mass is 560 g/mol. The highest BCUT2D eigenvalue weighted by Crippen LogP contribution is 2.44. The minimum Gasteiger partial charge on any atom is -0.493 e. The van der Waals surface area contributed by atoms with Crippen molar-refractivity contribution in [3.05, 3.63) is 35.0 Å². The van der Waals surface area contributed by atoms with Crippen LogP contribution in [-0.4, -0.2) is 75.1 Å². The predicted octanol–water partition coefficient (Wildman–Crippen LogP) is 1.81. The summed E-state index contributed by atoms with van der Waals surface area (Å²) in [6, 6.07) is 4.28. The second-order valence-electron chi connectivity index (χ2n) is 9.23. The van der Waals surface area contributed by atoms with Crippen molar-refractivity contribution in [3.63, 3.8) is 0 Å². The number of aryl methyl sites for hydroxylation is 1. The number of nitrogens with zero attached hydrogens (tertiary/aromatic N) is 2. The van der Waals surface area contributed by atoms with Crippen molar-refractivity contribution in [2.45, 2.75) is 37.5 Å². The van der Waals surface area contributed by atoms with Crippen LogP contribution in [0.2, 0.25) is 0 Å². The first-order chi connectivity index (χ1) is 17.8. The molecule has 15 heteroatoms. The molecule has 2 amide bonds. The molecular formula is C23H27F3N4O7S. The Morgan fingerprint density at radius 2 is 2.11 bits per heavy atom. The van der Waals surface area contributed by atoms with E-state index in [1.54, 1.807) is 6.07 Å². The van der Waals surface area contributed by atoms with Crippen molar-refractivity contribution in [2.75, 3.05) is 44.3 Å². The largest absolute Gasteiger partial charge is 0.493 e. The summed E-state index contributed by atoms with van der Waals surface area (Å²) in [7, 11) is -2.09. The van der Waals surface area contributed by atoms with Gasteiger partial charge in [0.2, 0.25) is 5.91 Å². The average molecular weight is 561 g/mol. The maximum atomic E-state index is 13.4. The Hall–Kier alpha value is -3.33. The third-order valence-corrected chi connectivity index (χ3v) is 6.89. The number of carbonyl (C=O) groups excluding carboxylic acids is 2. The van der Waals surface area contributed by atoms with Gasteiger partial charge in [-0.05, 0) is 18.6 Å². The molecule has 1 atom stereocenters. The van der Waals surface area contributed by atoms with Gasteiger partial charge in [-0.3, -0.25) is 9.59 Å². The van der Waals surface area contributed by atoms with Crippen LogP contribution in [0.3, 0.4) is 0 Å². The van der Waals surface area contributed by atoms with Crippen molar-refractivity contribution in [2.24, 2.45) is 0 Å². The number of fused-ring (bicyclic) bond motifs is 3. The highest BCUT2D eigenvalue weighted by atomic mass is 32.2. The lowest BCUT2D eigenvalue weighted by molar-refractivity contribution is -0.153. The molecule has 11 nitrogen and oxygen atoms in total. The fourth-order valence-electron chi connectivity index (χ4n) is 4.59. The Morgan fingerprint density at radius 3 is 2.79 bits per heavy atom. The van der Waals surface area contributed by atoms with Crippen LogP contribution < -0.4 is 20.1 Å². The van der Waals surface area contributed by atoms with E-state index in [1.165, 1.54) is 23.9 Å². The van der Waals surface area contributed by atoms with E-state index in [-0.39, 0.29) is 42.5 Å². The van der Waals surface area contributed by atoms with Gasteiger partial charge in [0.15, 0.2) is 16.4 Å². The summed E-state index contributed by atoms with van der Waals surface area (Å²) in [5, 5.41) is 10.1. The van der Waals surface area contributed by atoms with Crippen LogP contribution in [0.25, 0.3) is 0 Å². The molecule has 1 aromatic carbocycles. The van der Waals surface area contributed by atoms with Crippen molar-refractivity contribution < 1.29 is 45.4 Å². The lowest BCUT2D eigenvalue weighted by Gasteiger charge is -2.41. The van der Waals surface area contributed by atoms with E-state index in [9.17, 15) is 31.2 Å². The normalized spacial score (nSPS) is 18.8. The lowest BCUT2D eigenvalue weighted by atomic mass is 9.77. The molecule has 0 saturated heterocycles. The van der Waals surface area contributed by atoms with Gasteiger partial charge in [0, 0.05) is 51.0 Å². The smallest absolute Gasteiger partial charge is 0.422 e. The van der Waals surface area contributed by atoms with Crippen LogP contribution in [0.1, 0.15) is 34.5 Å². The van der Waals surface area contributed by atoms with Crippen LogP contribution in [0, 0.1) is 0 Å². The van der Waals surface area contributed by atoms with Gasteiger partial charge in [-0.25, -0.2) is 13.1 Å². The first-order valence-corrected chi connectivity index (χ1v) is 13.7. The molecule has 38 heavy (non-hydrogen) atoms. The number of alkyl halides is 3. The number of hydrogen-bond acceptors (Lipinski definition) is 8. The zero-order valence-corrected chi connectivity index (χ0v) is 21.5. The quantitative estimate of drug-likeness (QED) is 0.443. The standard InChI is InChI=1S/C23H27F3N4O7S/c1-35-8-3-7-30-20(27-18(31)12-38(2,33)34)19-16(29-30)11-22(28-21(19)32)6-9-36-17-10-14(4-5-15(17)22)37-13-23(24,25)26/h4-5,10H,3,6-9,11-13H2,1-2H3,(H,27,31)(H,28,32)/t22-/m0/s1. The number of benzene rings is 1. The Bertz CT molecular complexity index is 1340. The SMILES string of the molecule is COCCCn1nc2c(c1NC(=O)CS(C)(=O)=O)C(=O)N[C@@]1(CCOc3cc(OCC(F)(F)F)ccc31)C2. The number of ether oxygens (including phenoxy) is 3. The molecule has 0 unspecified atom stereocenters. The Balaban J connectivity index is 1.67. The topological polar surface area (TPSA) is 138 Å². The fourth-order valence-corrected chi connectivity index (χ4v) is 5.14. The molecule has 3 heterocycles. The van der Waals surface area contributed by atoms with Crippen molar-refractivity contribution in [3.8, 4) is 11.5 Å². The molecule has 0 bridgehead atoms. The number of halogens is 3. The minimum atomic E-state index is -4.50. The summed E-state index contributed by atoms with van der Waals surface area (Å²) in [6.07, 6.45) is -2.49. The van der Waals surface area contributed by atoms with Crippen molar-refractivity contribution in [1.29, 1.82) is 0 Å². The van der Waals surface area contributed by atoms with E-state index < -0.39 is 45.7 Å². The van der Waals surface area contributed by atoms with Gasteiger partial charge in [-0.15, -0.1) is 0 Å². The van der Waals surface area contributed by atoms with Gasteiger partial charge in [0.1, 0.15) is 28.6 Å². The molecule has 1 aromatic heterocycles. The number of aromatic nitrogens is 2. The number of sulfone groups is 1. The first-order valence-electron chi connectivity index (χ1n) is 11.7. The molecule has 4 rings (SSSR count). The van der Waals surface area contributed by atoms with Crippen LogP contribution in [0.15, 0.2) is 18.2 Å². The molecule has 0 aliphatic carbocycles. The predicted molar refractivity (Wildman–Crippen MR) is 128 cm³/mol. The summed E-state index contributed by atoms with van der Waals surface area (Å²) < 4.78 is 77.9. The van der Waals surface area contributed by atoms with Crippen LogP contribution in [-0.2, 0) is 37.9 Å². The zero-order chi connectivity index (χ0) is 27.7. The van der Waals surface area contributed by atoms with E-state index in [2.05, 4.69) is 15.7 Å². The van der Waals surface area contributed by atoms with E-state index in [0.717, 1.165) is 6.26 Å². The summed E-state index contributed by atoms with van der Waals surface area (Å²) in [5.41, 5.74) is 0.0952. The Labute approximate surface area is 216 Å². The van der Waals surface area contributed by atoms with Crippen LogP contribution in [0.4, 0.5) is 19.0 Å². The maximum absolute atomic E-state index is 13.4. The number of carbonyl (C=O) groups is 2. The highest BCUT2D eigenvalue weighted by molar-refractivity contribution is 7.91. The highest BCUT2D eigenvalue weighted by Gasteiger charge is 2.46. The van der Waals surface area contributed by atoms with Crippen LogP contribution >= 0.6 is 0 Å². The molecule has 1 spiro atoms. The van der Waals surface area contributed by atoms with Gasteiger partial charge in [-0.2, -0.15) is 18.3 Å². The van der Waals surface area contributed by atoms with Gasteiger partial charge in [0.25, 0.3) is 5.91 Å². The third-order valence-electron chi connectivity index (χ3n) is 6.10. The molecule has 2 aliphatic heterocycles.